The molecule has 6 nitrogen and oxygen atoms in total. The predicted molar refractivity (Wildman–Crippen MR) is 51.1 cm³/mol. The molecule has 2 aromatic heterocycles. The van der Waals surface area contributed by atoms with Gasteiger partial charge < -0.3 is 4.74 Å². The van der Waals surface area contributed by atoms with Crippen LogP contribution in [0.3, 0.4) is 0 Å². The number of carbonyl (C=O) groups excluding carboxylic acids is 1. The van der Waals surface area contributed by atoms with Crippen molar-refractivity contribution < 1.29 is 14.4 Å². The van der Waals surface area contributed by atoms with Crippen LogP contribution in [0, 0.1) is 0 Å². The summed E-state index contributed by atoms with van der Waals surface area (Å²) >= 11 is 0. The quantitative estimate of drug-likeness (QED) is 0.687. The molecule has 0 spiro atoms. The monoisotopic (exact) mass is 207 g/mol. The molecule has 0 fully saturated rings. The van der Waals surface area contributed by atoms with Crippen molar-refractivity contribution in [1.29, 1.82) is 0 Å². The second-order valence-electron chi connectivity index (χ2n) is 2.71. The number of carbonyl (C=O) groups is 1. The van der Waals surface area contributed by atoms with E-state index in [1.165, 1.54) is 11.1 Å². The largest absolute Gasteiger partial charge is 0.533 e. The molecule has 2 aromatic rings. The zero-order valence-electron chi connectivity index (χ0n) is 8.08. The van der Waals surface area contributed by atoms with E-state index < -0.39 is 6.16 Å². The maximum Gasteiger partial charge on any atom is 0.533 e. The van der Waals surface area contributed by atoms with Gasteiger partial charge in [0.05, 0.1) is 18.3 Å². The smallest absolute Gasteiger partial charge is 0.433 e. The first kappa shape index (κ1) is 9.45. The van der Waals surface area contributed by atoms with Crippen molar-refractivity contribution in [2.24, 2.45) is 0 Å². The van der Waals surface area contributed by atoms with E-state index >= 15 is 0 Å². The number of ether oxygens (including phenoxy) is 1. The number of hydrogen-bond acceptors (Lipinski definition) is 5. The zero-order valence-corrected chi connectivity index (χ0v) is 8.08. The minimum atomic E-state index is -0.763. The number of pyridine rings is 1. The van der Waals surface area contributed by atoms with Crippen molar-refractivity contribution in [2.45, 2.75) is 6.92 Å². The van der Waals surface area contributed by atoms with Gasteiger partial charge >= 0.3 is 6.16 Å². The van der Waals surface area contributed by atoms with Crippen LogP contribution in [0.2, 0.25) is 0 Å². The summed E-state index contributed by atoms with van der Waals surface area (Å²) in [6.07, 6.45) is 3.80. The summed E-state index contributed by atoms with van der Waals surface area (Å²) < 4.78 is 5.86. The highest BCUT2D eigenvalue weighted by Crippen LogP contribution is 2.08. The molecule has 6 heteroatoms. The fourth-order valence-corrected chi connectivity index (χ4v) is 1.13. The lowest BCUT2D eigenvalue weighted by atomic mass is 10.4. The van der Waals surface area contributed by atoms with Crippen LogP contribution in [0.25, 0.3) is 11.0 Å². The minimum absolute atomic E-state index is 0.268. The topological polar surface area (TPSA) is 66.2 Å². The van der Waals surface area contributed by atoms with E-state index in [1.54, 1.807) is 25.4 Å². The molecule has 0 saturated heterocycles. The number of aromatic nitrogens is 3. The lowest BCUT2D eigenvalue weighted by Crippen LogP contribution is -2.19. The lowest BCUT2D eigenvalue weighted by Gasteiger charge is -2.03. The van der Waals surface area contributed by atoms with Crippen molar-refractivity contribution in [1.82, 2.24) is 14.7 Å². The fourth-order valence-electron chi connectivity index (χ4n) is 1.13. The first-order valence-corrected chi connectivity index (χ1v) is 4.43. The van der Waals surface area contributed by atoms with Crippen LogP contribution < -0.4 is 4.84 Å². The van der Waals surface area contributed by atoms with Crippen LogP contribution >= 0.6 is 0 Å². The molecule has 2 heterocycles. The SMILES string of the molecule is CCOC(=O)On1cnc2ccncc21. The molecule has 0 aliphatic heterocycles. The zero-order chi connectivity index (χ0) is 10.7. The lowest BCUT2D eigenvalue weighted by molar-refractivity contribution is 0.0546. The predicted octanol–water partition coefficient (Wildman–Crippen LogP) is 1.02. The Labute approximate surface area is 85.4 Å². The average Bonchev–Trinajstić information content (AvgIpc) is 2.62. The van der Waals surface area contributed by atoms with Gasteiger partial charge in [-0.3, -0.25) is 9.82 Å². The van der Waals surface area contributed by atoms with E-state index in [2.05, 4.69) is 14.7 Å². The van der Waals surface area contributed by atoms with Crippen molar-refractivity contribution >= 4 is 17.2 Å². The van der Waals surface area contributed by atoms with Crippen LogP contribution in [0.5, 0.6) is 0 Å². The van der Waals surface area contributed by atoms with E-state index in [0.29, 0.717) is 11.0 Å². The van der Waals surface area contributed by atoms with Crippen molar-refractivity contribution in [3.05, 3.63) is 24.8 Å². The molecule has 0 N–H and O–H groups in total. The normalized spacial score (nSPS) is 10.2. The molecular formula is C9H9N3O3. The van der Waals surface area contributed by atoms with E-state index in [-0.39, 0.29) is 6.61 Å². The number of hydrogen-bond donors (Lipinski definition) is 0. The van der Waals surface area contributed by atoms with Gasteiger partial charge in [-0.1, -0.05) is 0 Å². The van der Waals surface area contributed by atoms with E-state index in [0.717, 1.165) is 0 Å². The third-order valence-electron chi connectivity index (χ3n) is 1.75. The first-order valence-electron chi connectivity index (χ1n) is 4.43. The highest BCUT2D eigenvalue weighted by Gasteiger charge is 2.08. The second-order valence-corrected chi connectivity index (χ2v) is 2.71. The van der Waals surface area contributed by atoms with E-state index in [1.807, 2.05) is 0 Å². The molecule has 0 atom stereocenters. The summed E-state index contributed by atoms with van der Waals surface area (Å²) in [5, 5.41) is 0. The maximum atomic E-state index is 11.0. The molecule has 0 aliphatic carbocycles. The Morgan fingerprint density at radius 3 is 3.27 bits per heavy atom. The molecule has 0 saturated carbocycles. The van der Waals surface area contributed by atoms with Crippen molar-refractivity contribution in [3.63, 3.8) is 0 Å². The Morgan fingerprint density at radius 2 is 2.47 bits per heavy atom. The van der Waals surface area contributed by atoms with Gasteiger partial charge in [-0.25, -0.2) is 9.78 Å². The molecule has 15 heavy (non-hydrogen) atoms. The standard InChI is InChI=1S/C9H9N3O3/c1-2-14-9(13)15-12-6-11-7-3-4-10-5-8(7)12/h3-6H,2H2,1H3. The van der Waals surface area contributed by atoms with Crippen LogP contribution in [-0.2, 0) is 4.74 Å². The van der Waals surface area contributed by atoms with Gasteiger partial charge in [-0.15, -0.1) is 0 Å². The third kappa shape index (κ3) is 1.88. The van der Waals surface area contributed by atoms with Gasteiger partial charge in [0.25, 0.3) is 0 Å². The molecule has 2 rings (SSSR count). The molecule has 0 amide bonds. The summed E-state index contributed by atoms with van der Waals surface area (Å²) in [5.41, 5.74) is 1.32. The second kappa shape index (κ2) is 3.95. The summed E-state index contributed by atoms with van der Waals surface area (Å²) in [6, 6.07) is 1.72. The van der Waals surface area contributed by atoms with Crippen LogP contribution in [0.1, 0.15) is 6.92 Å². The summed E-state index contributed by atoms with van der Waals surface area (Å²) in [7, 11) is 0. The third-order valence-corrected chi connectivity index (χ3v) is 1.75. The number of imidazole rings is 1. The Hall–Kier alpha value is -2.11. The van der Waals surface area contributed by atoms with Crippen LogP contribution in [0.4, 0.5) is 4.79 Å². The van der Waals surface area contributed by atoms with E-state index in [4.69, 9.17) is 4.84 Å². The Balaban J connectivity index is 2.25. The Kier molecular flexibility index (Phi) is 2.49. The highest BCUT2D eigenvalue weighted by molar-refractivity contribution is 5.74. The minimum Gasteiger partial charge on any atom is -0.433 e. The number of rotatable bonds is 2. The number of fused-ring (bicyclic) bond motifs is 1. The molecule has 78 valence electrons. The molecule has 0 unspecified atom stereocenters. The van der Waals surface area contributed by atoms with Gasteiger partial charge in [-0.2, -0.15) is 4.73 Å². The summed E-state index contributed by atoms with van der Waals surface area (Å²) in [4.78, 5) is 23.8. The van der Waals surface area contributed by atoms with Gasteiger partial charge in [-0.05, 0) is 13.0 Å². The molecule has 0 bridgehead atoms. The maximum absolute atomic E-state index is 11.0. The molecule has 0 radical (unpaired) electrons. The van der Waals surface area contributed by atoms with E-state index in [9.17, 15) is 4.79 Å². The molecular weight excluding hydrogens is 198 g/mol. The Morgan fingerprint density at radius 1 is 1.60 bits per heavy atom. The first-order chi connectivity index (χ1) is 7.31. The van der Waals surface area contributed by atoms with Gasteiger partial charge in [0.1, 0.15) is 11.8 Å². The van der Waals surface area contributed by atoms with Crippen molar-refractivity contribution in [3.8, 4) is 0 Å². The van der Waals surface area contributed by atoms with Gasteiger partial charge in [0.2, 0.25) is 0 Å². The fraction of sp³-hybridized carbons (Fsp3) is 0.222. The highest BCUT2D eigenvalue weighted by atomic mass is 16.8. The average molecular weight is 207 g/mol. The van der Waals surface area contributed by atoms with Gasteiger partial charge in [0, 0.05) is 6.20 Å². The summed E-state index contributed by atoms with van der Waals surface area (Å²) in [6.45, 7) is 1.97. The Bertz CT molecular complexity index is 480. The van der Waals surface area contributed by atoms with Gasteiger partial charge in [0.15, 0.2) is 0 Å². The number of nitrogens with zero attached hydrogens (tertiary/aromatic N) is 3. The molecule has 0 aromatic carbocycles. The van der Waals surface area contributed by atoms with Crippen LogP contribution in [0.15, 0.2) is 24.8 Å². The molecule has 0 aliphatic rings. The van der Waals surface area contributed by atoms with Crippen LogP contribution in [-0.4, -0.2) is 27.5 Å². The summed E-state index contributed by atoms with van der Waals surface area (Å²) in [5.74, 6) is 0. The van der Waals surface area contributed by atoms with Crippen molar-refractivity contribution in [2.75, 3.05) is 6.61 Å².